The van der Waals surface area contributed by atoms with E-state index in [-0.39, 0.29) is 24.7 Å². The number of azide groups is 1. The Morgan fingerprint density at radius 1 is 1.32 bits per heavy atom. The molecule has 1 heterocycles. The van der Waals surface area contributed by atoms with Crippen molar-refractivity contribution in [1.29, 1.82) is 0 Å². The largest absolute Gasteiger partial charge is 0.445 e. The fourth-order valence-corrected chi connectivity index (χ4v) is 2.82. The highest BCUT2D eigenvalue weighted by molar-refractivity contribution is 6.30. The van der Waals surface area contributed by atoms with Crippen LogP contribution in [0.25, 0.3) is 10.4 Å². The van der Waals surface area contributed by atoms with Crippen molar-refractivity contribution in [2.45, 2.75) is 12.1 Å². The van der Waals surface area contributed by atoms with Gasteiger partial charge < -0.3 is 9.64 Å². The number of likely N-dealkylation sites (tertiary alicyclic amines) is 1. The van der Waals surface area contributed by atoms with Crippen LogP contribution in [0.15, 0.2) is 53.6 Å². The molecule has 0 bridgehead atoms. The van der Waals surface area contributed by atoms with Gasteiger partial charge in [0.1, 0.15) is 18.0 Å². The van der Waals surface area contributed by atoms with Gasteiger partial charge in [0.05, 0.1) is 5.02 Å². The normalized spacial score (nSPS) is 15.0. The Bertz CT molecular complexity index is 834. The summed E-state index contributed by atoms with van der Waals surface area (Å²) in [5.74, 6) is -0.600. The molecule has 0 N–H and O–H groups in total. The number of halogens is 2. The predicted molar refractivity (Wildman–Crippen MR) is 90.4 cm³/mol. The minimum Gasteiger partial charge on any atom is -0.445 e. The molecule has 3 rings (SSSR count). The monoisotopic (exact) mass is 360 g/mol. The van der Waals surface area contributed by atoms with Crippen molar-refractivity contribution in [2.24, 2.45) is 5.11 Å². The number of benzene rings is 2. The SMILES string of the molecule is [N-]=[N+]=NC1(c2ccc(Cl)c(F)c2)CN(C(=O)OCc2ccccc2)C1. The summed E-state index contributed by atoms with van der Waals surface area (Å²) in [6, 6.07) is 13.5. The third-order valence-corrected chi connectivity index (χ3v) is 4.37. The lowest BCUT2D eigenvalue weighted by molar-refractivity contribution is 0.0354. The summed E-state index contributed by atoms with van der Waals surface area (Å²) in [6.45, 7) is 0.387. The summed E-state index contributed by atoms with van der Waals surface area (Å²) < 4.78 is 18.9. The smallest absolute Gasteiger partial charge is 0.410 e. The molecule has 1 fully saturated rings. The number of carbonyl (C=O) groups excluding carboxylic acids is 1. The van der Waals surface area contributed by atoms with Gasteiger partial charge in [-0.1, -0.05) is 53.1 Å². The Morgan fingerprint density at radius 2 is 2.04 bits per heavy atom. The fraction of sp³-hybridized carbons (Fsp3) is 0.235. The summed E-state index contributed by atoms with van der Waals surface area (Å²) >= 11 is 5.68. The van der Waals surface area contributed by atoms with E-state index in [2.05, 4.69) is 10.0 Å². The molecule has 2 aromatic rings. The van der Waals surface area contributed by atoms with Crippen LogP contribution < -0.4 is 0 Å². The topological polar surface area (TPSA) is 78.3 Å². The number of hydrogen-bond donors (Lipinski definition) is 0. The van der Waals surface area contributed by atoms with E-state index in [1.54, 1.807) is 6.07 Å². The van der Waals surface area contributed by atoms with Gasteiger partial charge in [0.25, 0.3) is 0 Å². The van der Waals surface area contributed by atoms with Crippen LogP contribution in [0.4, 0.5) is 9.18 Å². The van der Waals surface area contributed by atoms with Gasteiger partial charge in [-0.15, -0.1) is 0 Å². The maximum Gasteiger partial charge on any atom is 0.410 e. The van der Waals surface area contributed by atoms with Crippen LogP contribution in [0.5, 0.6) is 0 Å². The van der Waals surface area contributed by atoms with Crippen LogP contribution in [-0.2, 0) is 16.9 Å². The van der Waals surface area contributed by atoms with E-state index in [0.29, 0.717) is 5.56 Å². The van der Waals surface area contributed by atoms with Crippen LogP contribution >= 0.6 is 11.6 Å². The van der Waals surface area contributed by atoms with Gasteiger partial charge in [-0.3, -0.25) is 0 Å². The van der Waals surface area contributed by atoms with E-state index in [9.17, 15) is 9.18 Å². The van der Waals surface area contributed by atoms with Crippen molar-refractivity contribution in [1.82, 2.24) is 4.90 Å². The minimum atomic E-state index is -1.01. The Hall–Kier alpha value is -2.76. The van der Waals surface area contributed by atoms with Gasteiger partial charge in [-0.2, -0.15) is 0 Å². The molecule has 8 heteroatoms. The van der Waals surface area contributed by atoms with Gasteiger partial charge in [-0.25, -0.2) is 9.18 Å². The van der Waals surface area contributed by atoms with E-state index in [1.807, 2.05) is 30.3 Å². The second kappa shape index (κ2) is 7.01. The van der Waals surface area contributed by atoms with Crippen molar-refractivity contribution >= 4 is 17.7 Å². The van der Waals surface area contributed by atoms with E-state index < -0.39 is 17.4 Å². The second-order valence-electron chi connectivity index (χ2n) is 5.75. The number of carbonyl (C=O) groups is 1. The number of hydrogen-bond acceptors (Lipinski definition) is 3. The molecule has 1 saturated heterocycles. The molecular weight excluding hydrogens is 347 g/mol. The molecule has 0 atom stereocenters. The van der Waals surface area contributed by atoms with E-state index >= 15 is 0 Å². The lowest BCUT2D eigenvalue weighted by atomic mass is 9.83. The van der Waals surface area contributed by atoms with Crippen molar-refractivity contribution in [2.75, 3.05) is 13.1 Å². The average molecular weight is 361 g/mol. The Balaban J connectivity index is 1.67. The minimum absolute atomic E-state index is 0.0155. The molecule has 128 valence electrons. The van der Waals surface area contributed by atoms with Gasteiger partial charge in [-0.05, 0) is 28.8 Å². The van der Waals surface area contributed by atoms with Crippen molar-refractivity contribution in [3.05, 3.63) is 80.9 Å². The average Bonchev–Trinajstić information content (AvgIpc) is 2.59. The first kappa shape index (κ1) is 17.1. The van der Waals surface area contributed by atoms with Crippen LogP contribution in [0.2, 0.25) is 5.02 Å². The molecule has 0 aliphatic carbocycles. The van der Waals surface area contributed by atoms with Crippen molar-refractivity contribution in [3.63, 3.8) is 0 Å². The van der Waals surface area contributed by atoms with Crippen LogP contribution in [0, 0.1) is 5.82 Å². The molecule has 2 aromatic carbocycles. The summed E-state index contributed by atoms with van der Waals surface area (Å²) in [4.78, 5) is 16.4. The molecule has 0 saturated carbocycles. The Labute approximate surface area is 148 Å². The standard InChI is InChI=1S/C17H14ClFN4O2/c18-14-7-6-13(8-15(14)19)17(21-22-20)10-23(11-17)16(24)25-9-12-4-2-1-3-5-12/h1-8H,9-11H2. The van der Waals surface area contributed by atoms with E-state index in [1.165, 1.54) is 17.0 Å². The third kappa shape index (κ3) is 3.52. The molecule has 1 amide bonds. The zero-order valence-corrected chi connectivity index (χ0v) is 13.9. The Morgan fingerprint density at radius 3 is 2.68 bits per heavy atom. The highest BCUT2D eigenvalue weighted by Crippen LogP contribution is 2.37. The van der Waals surface area contributed by atoms with Crippen molar-refractivity contribution < 1.29 is 13.9 Å². The lowest BCUT2D eigenvalue weighted by Crippen LogP contribution is -2.60. The Kier molecular flexibility index (Phi) is 4.79. The molecular formula is C17H14ClFN4O2. The molecule has 0 aromatic heterocycles. The third-order valence-electron chi connectivity index (χ3n) is 4.06. The van der Waals surface area contributed by atoms with Crippen molar-refractivity contribution in [3.8, 4) is 0 Å². The molecule has 0 unspecified atom stereocenters. The highest BCUT2D eigenvalue weighted by Gasteiger charge is 2.47. The van der Waals surface area contributed by atoms with Gasteiger partial charge >= 0.3 is 6.09 Å². The lowest BCUT2D eigenvalue weighted by Gasteiger charge is -2.46. The summed E-state index contributed by atoms with van der Waals surface area (Å²) in [7, 11) is 0. The predicted octanol–water partition coefficient (Wildman–Crippen LogP) is 4.64. The van der Waals surface area contributed by atoms with Crippen LogP contribution in [0.3, 0.4) is 0 Å². The van der Waals surface area contributed by atoms with Gasteiger partial charge in [0.15, 0.2) is 0 Å². The summed E-state index contributed by atoms with van der Waals surface area (Å²) in [5, 5.41) is 3.76. The molecule has 0 radical (unpaired) electrons. The maximum absolute atomic E-state index is 13.7. The van der Waals surface area contributed by atoms with Gasteiger partial charge in [0.2, 0.25) is 0 Å². The first-order chi connectivity index (χ1) is 12.0. The number of rotatable bonds is 4. The zero-order valence-electron chi connectivity index (χ0n) is 13.1. The second-order valence-corrected chi connectivity index (χ2v) is 6.15. The number of nitrogens with zero attached hydrogens (tertiary/aromatic N) is 4. The first-order valence-electron chi connectivity index (χ1n) is 7.51. The molecule has 1 aliphatic rings. The molecule has 25 heavy (non-hydrogen) atoms. The van der Waals surface area contributed by atoms with E-state index in [4.69, 9.17) is 21.9 Å². The number of amides is 1. The zero-order chi connectivity index (χ0) is 17.9. The highest BCUT2D eigenvalue weighted by atomic mass is 35.5. The molecule has 6 nitrogen and oxygen atoms in total. The number of ether oxygens (including phenoxy) is 1. The quantitative estimate of drug-likeness (QED) is 0.452. The van der Waals surface area contributed by atoms with E-state index in [0.717, 1.165) is 5.56 Å². The fourth-order valence-electron chi connectivity index (χ4n) is 2.70. The van der Waals surface area contributed by atoms with Crippen LogP contribution in [0.1, 0.15) is 11.1 Å². The molecule has 0 spiro atoms. The van der Waals surface area contributed by atoms with Crippen LogP contribution in [-0.4, -0.2) is 24.1 Å². The molecule has 1 aliphatic heterocycles. The summed E-state index contributed by atoms with van der Waals surface area (Å²) in [5.41, 5.74) is 9.17. The maximum atomic E-state index is 13.7. The van der Waals surface area contributed by atoms with Gasteiger partial charge in [0, 0.05) is 18.0 Å². The summed E-state index contributed by atoms with van der Waals surface area (Å²) in [6.07, 6.45) is -0.512. The first-order valence-corrected chi connectivity index (χ1v) is 7.89.